The van der Waals surface area contributed by atoms with Gasteiger partial charge in [-0.1, -0.05) is 0 Å². The minimum absolute atomic E-state index is 0.113. The van der Waals surface area contributed by atoms with Gasteiger partial charge in [-0.2, -0.15) is 4.98 Å². The fraction of sp³-hybridized carbons (Fsp3) is 0.583. The van der Waals surface area contributed by atoms with E-state index in [2.05, 4.69) is 15.3 Å². The molecule has 0 radical (unpaired) electrons. The molecule has 7 nitrogen and oxygen atoms in total. The molecule has 104 valence electrons. The number of amides is 1. The Balaban J connectivity index is 2.27. The molecule has 1 fully saturated rings. The van der Waals surface area contributed by atoms with Crippen LogP contribution in [0.5, 0.6) is 0 Å². The summed E-state index contributed by atoms with van der Waals surface area (Å²) >= 11 is 0. The van der Waals surface area contributed by atoms with Crippen molar-refractivity contribution in [2.45, 2.75) is 0 Å². The Bertz CT molecular complexity index is 457. The number of hydrogen-bond donors (Lipinski definition) is 1. The Morgan fingerprint density at radius 2 is 2.11 bits per heavy atom. The van der Waals surface area contributed by atoms with Crippen LogP contribution in [0.25, 0.3) is 0 Å². The number of nitrogens with zero attached hydrogens (tertiary/aromatic N) is 4. The van der Waals surface area contributed by atoms with E-state index in [0.29, 0.717) is 30.5 Å². The number of rotatable bonds is 3. The van der Waals surface area contributed by atoms with Gasteiger partial charge in [0.05, 0.1) is 13.2 Å². The third-order valence-electron chi connectivity index (χ3n) is 2.94. The van der Waals surface area contributed by atoms with Gasteiger partial charge < -0.3 is 19.9 Å². The van der Waals surface area contributed by atoms with Crippen molar-refractivity contribution in [1.29, 1.82) is 0 Å². The Kier molecular flexibility index (Phi) is 4.16. The largest absolute Gasteiger partial charge is 0.378 e. The van der Waals surface area contributed by atoms with Gasteiger partial charge in [0.2, 0.25) is 5.95 Å². The zero-order valence-electron chi connectivity index (χ0n) is 11.5. The number of aromatic nitrogens is 2. The fourth-order valence-electron chi connectivity index (χ4n) is 1.88. The van der Waals surface area contributed by atoms with Gasteiger partial charge in [-0.25, -0.2) is 4.98 Å². The van der Waals surface area contributed by atoms with Crippen molar-refractivity contribution in [3.05, 3.63) is 11.8 Å². The minimum atomic E-state index is -0.113. The van der Waals surface area contributed by atoms with E-state index in [0.717, 1.165) is 13.1 Å². The lowest BCUT2D eigenvalue weighted by molar-refractivity contribution is 0.0827. The van der Waals surface area contributed by atoms with Crippen LogP contribution < -0.4 is 10.2 Å². The molecule has 1 saturated heterocycles. The summed E-state index contributed by atoms with van der Waals surface area (Å²) < 4.78 is 5.30. The molecule has 1 aromatic rings. The molecule has 0 aromatic carbocycles. The summed E-state index contributed by atoms with van der Waals surface area (Å²) in [5.41, 5.74) is 0.476. The van der Waals surface area contributed by atoms with Crippen LogP contribution in [0, 0.1) is 0 Å². The van der Waals surface area contributed by atoms with E-state index in [4.69, 9.17) is 4.74 Å². The first-order valence-electron chi connectivity index (χ1n) is 6.22. The summed E-state index contributed by atoms with van der Waals surface area (Å²) in [6.45, 7) is 2.89. The van der Waals surface area contributed by atoms with Crippen LogP contribution in [0.2, 0.25) is 0 Å². The average Bonchev–Trinajstić information content (AvgIpc) is 2.46. The number of morpholine rings is 1. The van der Waals surface area contributed by atoms with Gasteiger partial charge in [0, 0.05) is 40.4 Å². The Morgan fingerprint density at radius 1 is 1.42 bits per heavy atom. The number of hydrogen-bond acceptors (Lipinski definition) is 6. The molecule has 7 heteroatoms. The molecule has 0 bridgehead atoms. The summed E-state index contributed by atoms with van der Waals surface area (Å²) in [7, 11) is 5.16. The highest BCUT2D eigenvalue weighted by molar-refractivity contribution is 5.98. The van der Waals surface area contributed by atoms with E-state index in [1.807, 2.05) is 4.90 Å². The Hall–Kier alpha value is -1.89. The second-order valence-electron chi connectivity index (χ2n) is 4.48. The highest BCUT2D eigenvalue weighted by atomic mass is 16.5. The molecule has 0 saturated carbocycles. The van der Waals surface area contributed by atoms with Crippen LogP contribution >= 0.6 is 0 Å². The van der Waals surface area contributed by atoms with Crippen LogP contribution in [0.3, 0.4) is 0 Å². The van der Waals surface area contributed by atoms with E-state index in [1.165, 1.54) is 4.90 Å². The van der Waals surface area contributed by atoms with E-state index >= 15 is 0 Å². The number of anilines is 2. The maximum Gasteiger partial charge on any atom is 0.258 e. The highest BCUT2D eigenvalue weighted by Crippen LogP contribution is 2.18. The minimum Gasteiger partial charge on any atom is -0.378 e. The van der Waals surface area contributed by atoms with Crippen molar-refractivity contribution in [2.24, 2.45) is 0 Å². The molecule has 0 aliphatic carbocycles. The number of carbonyl (C=O) groups excluding carboxylic acids is 1. The van der Waals surface area contributed by atoms with Crippen LogP contribution in [-0.2, 0) is 4.74 Å². The van der Waals surface area contributed by atoms with Gasteiger partial charge in [0.15, 0.2) is 0 Å². The molecule has 0 unspecified atom stereocenters. The van der Waals surface area contributed by atoms with Crippen molar-refractivity contribution < 1.29 is 9.53 Å². The molecule has 1 N–H and O–H groups in total. The normalized spacial score (nSPS) is 15.2. The van der Waals surface area contributed by atoms with Crippen LogP contribution in [-0.4, -0.2) is 68.2 Å². The second-order valence-corrected chi connectivity index (χ2v) is 4.48. The smallest absolute Gasteiger partial charge is 0.258 e. The third-order valence-corrected chi connectivity index (χ3v) is 2.94. The lowest BCUT2D eigenvalue weighted by Gasteiger charge is -2.27. The quantitative estimate of drug-likeness (QED) is 0.833. The van der Waals surface area contributed by atoms with Gasteiger partial charge in [-0.05, 0) is 0 Å². The van der Waals surface area contributed by atoms with Crippen molar-refractivity contribution in [3.8, 4) is 0 Å². The van der Waals surface area contributed by atoms with E-state index in [1.54, 1.807) is 27.3 Å². The molecule has 1 aliphatic rings. The zero-order valence-corrected chi connectivity index (χ0v) is 11.5. The van der Waals surface area contributed by atoms with E-state index in [9.17, 15) is 4.79 Å². The van der Waals surface area contributed by atoms with E-state index < -0.39 is 0 Å². The maximum absolute atomic E-state index is 12.0. The third kappa shape index (κ3) is 2.93. The van der Waals surface area contributed by atoms with Crippen molar-refractivity contribution in [2.75, 3.05) is 57.7 Å². The summed E-state index contributed by atoms with van der Waals surface area (Å²) in [6, 6.07) is 0. The monoisotopic (exact) mass is 265 g/mol. The summed E-state index contributed by atoms with van der Waals surface area (Å²) in [4.78, 5) is 24.2. The molecule has 0 atom stereocenters. The van der Waals surface area contributed by atoms with E-state index in [-0.39, 0.29) is 5.91 Å². The van der Waals surface area contributed by atoms with Gasteiger partial charge in [0.25, 0.3) is 5.91 Å². The lowest BCUT2D eigenvalue weighted by atomic mass is 10.2. The predicted octanol–water partition coefficient (Wildman–Crippen LogP) is 0.0567. The first kappa shape index (κ1) is 13.5. The first-order valence-corrected chi connectivity index (χ1v) is 6.22. The summed E-state index contributed by atoms with van der Waals surface area (Å²) in [5, 5.41) is 2.95. The molecular formula is C12H19N5O2. The lowest BCUT2D eigenvalue weighted by Crippen LogP contribution is -2.37. The van der Waals surface area contributed by atoms with Gasteiger partial charge in [0.1, 0.15) is 11.4 Å². The molecule has 2 heterocycles. The summed E-state index contributed by atoms with van der Waals surface area (Å²) in [5.74, 6) is 1.07. The van der Waals surface area contributed by atoms with Crippen LogP contribution in [0.1, 0.15) is 10.4 Å². The Labute approximate surface area is 112 Å². The zero-order chi connectivity index (χ0) is 13.8. The molecule has 19 heavy (non-hydrogen) atoms. The average molecular weight is 265 g/mol. The predicted molar refractivity (Wildman–Crippen MR) is 72.6 cm³/mol. The first-order chi connectivity index (χ1) is 9.13. The SMILES string of the molecule is CNc1nc(N2CCOCC2)ncc1C(=O)N(C)C. The fourth-order valence-corrected chi connectivity index (χ4v) is 1.88. The number of carbonyl (C=O) groups is 1. The molecule has 1 aromatic heterocycles. The van der Waals surface area contributed by atoms with Crippen LogP contribution in [0.4, 0.5) is 11.8 Å². The van der Waals surface area contributed by atoms with Gasteiger partial charge in [-0.3, -0.25) is 4.79 Å². The molecule has 1 amide bonds. The van der Waals surface area contributed by atoms with Crippen LogP contribution in [0.15, 0.2) is 6.20 Å². The van der Waals surface area contributed by atoms with Crippen molar-refractivity contribution >= 4 is 17.7 Å². The maximum atomic E-state index is 12.0. The number of ether oxygens (including phenoxy) is 1. The van der Waals surface area contributed by atoms with Crippen molar-refractivity contribution in [3.63, 3.8) is 0 Å². The molecule has 0 spiro atoms. The molecule has 1 aliphatic heterocycles. The van der Waals surface area contributed by atoms with Gasteiger partial charge in [-0.15, -0.1) is 0 Å². The molecule has 2 rings (SSSR count). The highest BCUT2D eigenvalue weighted by Gasteiger charge is 2.19. The standard InChI is InChI=1S/C12H19N5O2/c1-13-10-9(11(18)16(2)3)8-14-12(15-10)17-4-6-19-7-5-17/h8H,4-7H2,1-3H3,(H,13,14,15). The number of nitrogens with one attached hydrogen (secondary N) is 1. The van der Waals surface area contributed by atoms with Gasteiger partial charge >= 0.3 is 0 Å². The van der Waals surface area contributed by atoms with Crippen molar-refractivity contribution in [1.82, 2.24) is 14.9 Å². The molecular weight excluding hydrogens is 246 g/mol. The topological polar surface area (TPSA) is 70.6 Å². The Morgan fingerprint density at radius 3 is 2.68 bits per heavy atom. The second kappa shape index (κ2) is 5.83. The summed E-state index contributed by atoms with van der Waals surface area (Å²) in [6.07, 6.45) is 1.58.